The number of hydrogen-bond donors (Lipinski definition) is 2. The molecule has 0 bridgehead atoms. The van der Waals surface area contributed by atoms with Crippen molar-refractivity contribution in [3.63, 3.8) is 0 Å². The largest absolute Gasteiger partial charge is 0.481 e. The Labute approximate surface area is 80.6 Å². The van der Waals surface area contributed by atoms with E-state index in [1.165, 1.54) is 11.3 Å². The number of nitrogens with zero attached hydrogens (tertiary/aromatic N) is 1. The molecule has 0 fully saturated rings. The minimum atomic E-state index is -0.749. The third-order valence-electron chi connectivity index (χ3n) is 1.71. The molecule has 1 aromatic rings. The van der Waals surface area contributed by atoms with Gasteiger partial charge in [-0.1, -0.05) is 6.92 Å². The van der Waals surface area contributed by atoms with Crippen LogP contribution in [0.5, 0.6) is 0 Å². The molecule has 0 aliphatic carbocycles. The van der Waals surface area contributed by atoms with Crippen LogP contribution in [0.15, 0.2) is 11.6 Å². The Morgan fingerprint density at radius 2 is 2.62 bits per heavy atom. The van der Waals surface area contributed by atoms with E-state index < -0.39 is 5.97 Å². The molecule has 13 heavy (non-hydrogen) atoms. The standard InChI is InChI=1S/C8H12N2O2S/c1-6(7(11)12)2-3-9-8-10-4-5-13-8/h4-6H,2-3H2,1H3,(H,9,10)(H,11,12). The first kappa shape index (κ1) is 9.98. The maximum Gasteiger partial charge on any atom is 0.306 e. The molecule has 5 heteroatoms. The van der Waals surface area contributed by atoms with Crippen LogP contribution in [0.2, 0.25) is 0 Å². The zero-order chi connectivity index (χ0) is 9.68. The van der Waals surface area contributed by atoms with Crippen molar-refractivity contribution in [1.82, 2.24) is 4.98 Å². The van der Waals surface area contributed by atoms with Crippen LogP contribution in [0.25, 0.3) is 0 Å². The SMILES string of the molecule is CC(CCNc1nccs1)C(=O)O. The Morgan fingerprint density at radius 1 is 1.85 bits per heavy atom. The molecule has 0 amide bonds. The molecule has 0 aromatic carbocycles. The third-order valence-corrected chi connectivity index (χ3v) is 2.44. The van der Waals surface area contributed by atoms with Crippen LogP contribution in [-0.2, 0) is 4.79 Å². The molecular formula is C8H12N2O2S. The summed E-state index contributed by atoms with van der Waals surface area (Å²) in [6.07, 6.45) is 2.34. The number of aromatic nitrogens is 1. The van der Waals surface area contributed by atoms with Crippen molar-refractivity contribution in [2.75, 3.05) is 11.9 Å². The van der Waals surface area contributed by atoms with Crippen molar-refractivity contribution in [3.8, 4) is 0 Å². The van der Waals surface area contributed by atoms with Crippen LogP contribution < -0.4 is 5.32 Å². The van der Waals surface area contributed by atoms with Gasteiger partial charge in [0.1, 0.15) is 0 Å². The number of rotatable bonds is 5. The second-order valence-electron chi connectivity index (χ2n) is 2.79. The average molecular weight is 200 g/mol. The Kier molecular flexibility index (Phi) is 3.70. The van der Waals surface area contributed by atoms with Crippen molar-refractivity contribution in [2.24, 2.45) is 5.92 Å². The fourth-order valence-corrected chi connectivity index (χ4v) is 1.39. The van der Waals surface area contributed by atoms with Crippen LogP contribution in [0.4, 0.5) is 5.13 Å². The zero-order valence-corrected chi connectivity index (χ0v) is 8.17. The molecule has 1 aromatic heterocycles. The first-order chi connectivity index (χ1) is 6.20. The highest BCUT2D eigenvalue weighted by Gasteiger charge is 2.09. The summed E-state index contributed by atoms with van der Waals surface area (Å²) in [5.74, 6) is -1.05. The number of nitrogens with one attached hydrogen (secondary N) is 1. The summed E-state index contributed by atoms with van der Waals surface area (Å²) in [6.45, 7) is 2.35. The van der Waals surface area contributed by atoms with Crippen LogP contribution in [0, 0.1) is 5.92 Å². The molecule has 0 aliphatic heterocycles. The van der Waals surface area contributed by atoms with E-state index in [9.17, 15) is 4.79 Å². The molecule has 1 heterocycles. The normalized spacial score (nSPS) is 12.4. The van der Waals surface area contributed by atoms with Gasteiger partial charge in [-0.2, -0.15) is 0 Å². The van der Waals surface area contributed by atoms with E-state index in [1.807, 2.05) is 5.38 Å². The van der Waals surface area contributed by atoms with Gasteiger partial charge in [-0.3, -0.25) is 4.79 Å². The Hall–Kier alpha value is -1.10. The molecule has 1 unspecified atom stereocenters. The first-order valence-electron chi connectivity index (χ1n) is 4.06. The van der Waals surface area contributed by atoms with E-state index in [4.69, 9.17) is 5.11 Å². The second-order valence-corrected chi connectivity index (χ2v) is 3.69. The van der Waals surface area contributed by atoms with Crippen molar-refractivity contribution >= 4 is 22.4 Å². The van der Waals surface area contributed by atoms with E-state index in [1.54, 1.807) is 13.1 Å². The summed E-state index contributed by atoms with van der Waals surface area (Å²) in [4.78, 5) is 14.5. The molecule has 0 saturated carbocycles. The van der Waals surface area contributed by atoms with Gasteiger partial charge in [0.05, 0.1) is 5.92 Å². The molecule has 72 valence electrons. The molecule has 1 rings (SSSR count). The number of carboxylic acids is 1. The number of carboxylic acid groups (broad SMARTS) is 1. The molecule has 2 N–H and O–H groups in total. The summed E-state index contributed by atoms with van der Waals surface area (Å²) in [6, 6.07) is 0. The lowest BCUT2D eigenvalue weighted by molar-refractivity contribution is -0.141. The molecule has 0 spiro atoms. The lowest BCUT2D eigenvalue weighted by atomic mass is 10.1. The molecule has 0 radical (unpaired) electrons. The van der Waals surface area contributed by atoms with Gasteiger partial charge >= 0.3 is 5.97 Å². The lowest BCUT2D eigenvalue weighted by Gasteiger charge is -2.05. The third kappa shape index (κ3) is 3.42. The Bertz CT molecular complexity index is 261. The van der Waals surface area contributed by atoms with Gasteiger partial charge in [0.15, 0.2) is 5.13 Å². The number of thiazole rings is 1. The summed E-state index contributed by atoms with van der Waals surface area (Å²) in [5.41, 5.74) is 0. The summed E-state index contributed by atoms with van der Waals surface area (Å²) in [7, 11) is 0. The minimum Gasteiger partial charge on any atom is -0.481 e. The minimum absolute atomic E-state index is 0.299. The average Bonchev–Trinajstić information content (AvgIpc) is 2.56. The number of hydrogen-bond acceptors (Lipinski definition) is 4. The van der Waals surface area contributed by atoms with Crippen LogP contribution in [0.1, 0.15) is 13.3 Å². The number of carbonyl (C=O) groups is 1. The fourth-order valence-electron chi connectivity index (χ4n) is 0.830. The highest BCUT2D eigenvalue weighted by atomic mass is 32.1. The molecule has 0 saturated heterocycles. The number of anilines is 1. The van der Waals surface area contributed by atoms with Crippen molar-refractivity contribution in [3.05, 3.63) is 11.6 Å². The van der Waals surface area contributed by atoms with Gasteiger partial charge in [-0.15, -0.1) is 11.3 Å². The van der Waals surface area contributed by atoms with Crippen molar-refractivity contribution < 1.29 is 9.90 Å². The Morgan fingerprint density at radius 3 is 3.15 bits per heavy atom. The topological polar surface area (TPSA) is 62.2 Å². The van der Waals surface area contributed by atoms with E-state index >= 15 is 0 Å². The molecule has 4 nitrogen and oxygen atoms in total. The van der Waals surface area contributed by atoms with Gasteiger partial charge < -0.3 is 10.4 Å². The monoisotopic (exact) mass is 200 g/mol. The fraction of sp³-hybridized carbons (Fsp3) is 0.500. The molecule has 1 atom stereocenters. The van der Waals surface area contributed by atoms with Crippen LogP contribution in [0.3, 0.4) is 0 Å². The van der Waals surface area contributed by atoms with Crippen molar-refractivity contribution in [1.29, 1.82) is 0 Å². The molecule has 0 aliphatic rings. The van der Waals surface area contributed by atoms with Crippen LogP contribution in [-0.4, -0.2) is 22.6 Å². The predicted octanol–water partition coefficient (Wildman–Crippen LogP) is 1.67. The first-order valence-corrected chi connectivity index (χ1v) is 4.94. The lowest BCUT2D eigenvalue weighted by Crippen LogP contribution is -2.14. The second kappa shape index (κ2) is 4.81. The van der Waals surface area contributed by atoms with Gasteiger partial charge in [0.2, 0.25) is 0 Å². The van der Waals surface area contributed by atoms with Gasteiger partial charge in [0.25, 0.3) is 0 Å². The quantitative estimate of drug-likeness (QED) is 0.759. The van der Waals surface area contributed by atoms with E-state index in [-0.39, 0.29) is 5.92 Å². The van der Waals surface area contributed by atoms with Crippen LogP contribution >= 0.6 is 11.3 Å². The van der Waals surface area contributed by atoms with Gasteiger partial charge in [-0.05, 0) is 6.42 Å². The summed E-state index contributed by atoms with van der Waals surface area (Å²) in [5, 5.41) is 14.4. The van der Waals surface area contributed by atoms with E-state index in [0.29, 0.717) is 13.0 Å². The highest BCUT2D eigenvalue weighted by Crippen LogP contribution is 2.11. The number of aliphatic carboxylic acids is 1. The smallest absolute Gasteiger partial charge is 0.306 e. The summed E-state index contributed by atoms with van der Waals surface area (Å²) >= 11 is 1.51. The molecular weight excluding hydrogens is 188 g/mol. The highest BCUT2D eigenvalue weighted by molar-refractivity contribution is 7.13. The van der Waals surface area contributed by atoms with Gasteiger partial charge in [0, 0.05) is 18.1 Å². The van der Waals surface area contributed by atoms with Crippen molar-refractivity contribution in [2.45, 2.75) is 13.3 Å². The zero-order valence-electron chi connectivity index (χ0n) is 7.36. The van der Waals surface area contributed by atoms with E-state index in [0.717, 1.165) is 5.13 Å². The maximum atomic E-state index is 10.5. The predicted molar refractivity (Wildman–Crippen MR) is 52.0 cm³/mol. The summed E-state index contributed by atoms with van der Waals surface area (Å²) < 4.78 is 0. The maximum absolute atomic E-state index is 10.5. The Balaban J connectivity index is 2.18. The van der Waals surface area contributed by atoms with E-state index in [2.05, 4.69) is 10.3 Å². The van der Waals surface area contributed by atoms with Gasteiger partial charge in [-0.25, -0.2) is 4.98 Å².